The predicted molar refractivity (Wildman–Crippen MR) is 89.8 cm³/mol. The fourth-order valence-electron chi connectivity index (χ4n) is 2.68. The number of rotatable bonds is 6. The monoisotopic (exact) mass is 307 g/mol. The fraction of sp³-hybridized carbons (Fsp3) is 0.278. The smallest absolute Gasteiger partial charge is 0.168 e. The van der Waals surface area contributed by atoms with Gasteiger partial charge in [-0.2, -0.15) is 0 Å². The van der Waals surface area contributed by atoms with E-state index in [0.29, 0.717) is 6.54 Å². The molecule has 0 saturated heterocycles. The van der Waals surface area contributed by atoms with Crippen molar-refractivity contribution >= 4 is 0 Å². The average Bonchev–Trinajstić information content (AvgIpc) is 3.05. The zero-order chi connectivity index (χ0) is 16.1. The van der Waals surface area contributed by atoms with Crippen LogP contribution in [0.15, 0.2) is 60.7 Å². The highest BCUT2D eigenvalue weighted by molar-refractivity contribution is 5.19. The summed E-state index contributed by atoms with van der Waals surface area (Å²) in [6.07, 6.45) is 0. The van der Waals surface area contributed by atoms with E-state index in [1.165, 1.54) is 11.1 Å². The summed E-state index contributed by atoms with van der Waals surface area (Å²) in [6.45, 7) is 4.92. The predicted octanol–water partition coefficient (Wildman–Crippen LogP) is 3.13. The summed E-state index contributed by atoms with van der Waals surface area (Å²) >= 11 is 0. The lowest BCUT2D eigenvalue weighted by Gasteiger charge is -2.19. The molecule has 5 nitrogen and oxygen atoms in total. The maximum absolute atomic E-state index is 4.20. The number of benzene rings is 2. The Morgan fingerprint density at radius 3 is 2.26 bits per heavy atom. The molecular weight excluding hydrogens is 286 g/mol. The molecule has 0 aliphatic rings. The van der Waals surface area contributed by atoms with Crippen LogP contribution in [0.3, 0.4) is 0 Å². The first-order chi connectivity index (χ1) is 11.2. The summed E-state index contributed by atoms with van der Waals surface area (Å²) < 4.78 is 1.85. The molecule has 0 saturated carbocycles. The molecule has 1 unspecified atom stereocenters. The molecule has 1 aromatic heterocycles. The first-order valence-electron chi connectivity index (χ1n) is 7.85. The molecule has 0 spiro atoms. The number of hydrogen-bond acceptors (Lipinski definition) is 4. The van der Waals surface area contributed by atoms with Crippen LogP contribution in [0.1, 0.15) is 42.9 Å². The Kier molecular flexibility index (Phi) is 4.78. The number of aromatic nitrogens is 4. The summed E-state index contributed by atoms with van der Waals surface area (Å²) in [5, 5.41) is 15.7. The van der Waals surface area contributed by atoms with E-state index in [2.05, 4.69) is 71.1 Å². The molecule has 0 bridgehead atoms. The van der Waals surface area contributed by atoms with Gasteiger partial charge in [0.25, 0.3) is 0 Å². The normalized spacial score (nSPS) is 13.7. The molecule has 1 N–H and O–H groups in total. The lowest BCUT2D eigenvalue weighted by atomic mass is 10.1. The van der Waals surface area contributed by atoms with Gasteiger partial charge in [-0.25, -0.2) is 4.68 Å². The second-order valence-electron chi connectivity index (χ2n) is 5.70. The summed E-state index contributed by atoms with van der Waals surface area (Å²) in [5.74, 6) is 0.844. The third-order valence-corrected chi connectivity index (χ3v) is 3.92. The summed E-state index contributed by atoms with van der Waals surface area (Å²) in [4.78, 5) is 0. The van der Waals surface area contributed by atoms with Crippen molar-refractivity contribution in [2.45, 2.75) is 32.5 Å². The minimum Gasteiger partial charge on any atom is -0.301 e. The van der Waals surface area contributed by atoms with Crippen LogP contribution in [-0.4, -0.2) is 20.2 Å². The van der Waals surface area contributed by atoms with Crippen LogP contribution >= 0.6 is 0 Å². The lowest BCUT2D eigenvalue weighted by molar-refractivity contribution is 0.453. The zero-order valence-electron chi connectivity index (χ0n) is 13.4. The van der Waals surface area contributed by atoms with Crippen LogP contribution in [0, 0.1) is 0 Å². The van der Waals surface area contributed by atoms with E-state index in [1.807, 2.05) is 28.9 Å². The van der Waals surface area contributed by atoms with E-state index in [-0.39, 0.29) is 12.1 Å². The minimum atomic E-state index is 0.0592. The third-order valence-electron chi connectivity index (χ3n) is 3.92. The van der Waals surface area contributed by atoms with Crippen LogP contribution in [0.25, 0.3) is 0 Å². The molecule has 3 aromatic rings. The Bertz CT molecular complexity index is 723. The van der Waals surface area contributed by atoms with Crippen molar-refractivity contribution in [1.29, 1.82) is 0 Å². The second-order valence-corrected chi connectivity index (χ2v) is 5.70. The van der Waals surface area contributed by atoms with E-state index in [9.17, 15) is 0 Å². The number of hydrogen-bond donors (Lipinski definition) is 1. The molecule has 2 atom stereocenters. The standard InChI is InChI=1S/C18H21N5/c1-14(17-11-7-4-8-12-17)19-15(2)18-20-21-22-23(18)13-16-9-5-3-6-10-16/h3-12,14-15,19H,13H2,1-2H3/t14-,15?/m1/s1. The Labute approximate surface area is 136 Å². The van der Waals surface area contributed by atoms with Gasteiger partial charge in [-0.05, 0) is 35.4 Å². The number of nitrogens with zero attached hydrogens (tertiary/aromatic N) is 4. The van der Waals surface area contributed by atoms with Crippen molar-refractivity contribution in [2.75, 3.05) is 0 Å². The van der Waals surface area contributed by atoms with Gasteiger partial charge in [0.15, 0.2) is 5.82 Å². The van der Waals surface area contributed by atoms with Gasteiger partial charge in [0, 0.05) is 6.04 Å². The minimum absolute atomic E-state index is 0.0592. The molecule has 5 heteroatoms. The second kappa shape index (κ2) is 7.15. The third kappa shape index (κ3) is 3.81. The van der Waals surface area contributed by atoms with Gasteiger partial charge in [0.2, 0.25) is 0 Å². The van der Waals surface area contributed by atoms with Crippen LogP contribution < -0.4 is 5.32 Å². The van der Waals surface area contributed by atoms with E-state index in [0.717, 1.165) is 5.82 Å². The Morgan fingerprint density at radius 1 is 0.913 bits per heavy atom. The molecule has 3 rings (SSSR count). The van der Waals surface area contributed by atoms with Crippen molar-refractivity contribution < 1.29 is 0 Å². The van der Waals surface area contributed by atoms with Gasteiger partial charge in [0.05, 0.1) is 12.6 Å². The maximum Gasteiger partial charge on any atom is 0.168 e. The lowest BCUT2D eigenvalue weighted by Crippen LogP contribution is -2.25. The van der Waals surface area contributed by atoms with Gasteiger partial charge in [0.1, 0.15) is 0 Å². The first kappa shape index (κ1) is 15.4. The highest BCUT2D eigenvalue weighted by atomic mass is 15.5. The molecule has 0 fully saturated rings. The van der Waals surface area contributed by atoms with Gasteiger partial charge in [-0.1, -0.05) is 60.7 Å². The van der Waals surface area contributed by atoms with E-state index in [1.54, 1.807) is 0 Å². The summed E-state index contributed by atoms with van der Waals surface area (Å²) in [5.41, 5.74) is 2.44. The highest BCUT2D eigenvalue weighted by Gasteiger charge is 2.17. The Balaban J connectivity index is 1.71. The molecule has 0 aliphatic heterocycles. The molecule has 23 heavy (non-hydrogen) atoms. The molecule has 2 aromatic carbocycles. The van der Waals surface area contributed by atoms with Crippen LogP contribution in [0.5, 0.6) is 0 Å². The number of tetrazole rings is 1. The molecule has 0 radical (unpaired) electrons. The van der Waals surface area contributed by atoms with Crippen molar-refractivity contribution in [3.63, 3.8) is 0 Å². The van der Waals surface area contributed by atoms with E-state index in [4.69, 9.17) is 0 Å². The molecule has 1 heterocycles. The van der Waals surface area contributed by atoms with E-state index < -0.39 is 0 Å². The SMILES string of the molecule is CC(N[C@H](C)c1ccccc1)c1nnnn1Cc1ccccc1. The Morgan fingerprint density at radius 2 is 1.57 bits per heavy atom. The fourth-order valence-corrected chi connectivity index (χ4v) is 2.68. The van der Waals surface area contributed by atoms with Crippen molar-refractivity contribution in [2.24, 2.45) is 0 Å². The quantitative estimate of drug-likeness (QED) is 0.760. The van der Waals surface area contributed by atoms with Gasteiger partial charge in [-0.15, -0.1) is 5.10 Å². The van der Waals surface area contributed by atoms with Gasteiger partial charge in [-0.3, -0.25) is 0 Å². The van der Waals surface area contributed by atoms with Crippen LogP contribution in [-0.2, 0) is 6.54 Å². The molecule has 0 amide bonds. The zero-order valence-corrected chi connectivity index (χ0v) is 13.4. The number of nitrogens with one attached hydrogen (secondary N) is 1. The molecule has 0 aliphatic carbocycles. The average molecular weight is 307 g/mol. The van der Waals surface area contributed by atoms with Crippen molar-refractivity contribution in [1.82, 2.24) is 25.5 Å². The van der Waals surface area contributed by atoms with E-state index >= 15 is 0 Å². The van der Waals surface area contributed by atoms with Crippen molar-refractivity contribution in [3.05, 3.63) is 77.6 Å². The van der Waals surface area contributed by atoms with Crippen LogP contribution in [0.2, 0.25) is 0 Å². The van der Waals surface area contributed by atoms with Gasteiger partial charge >= 0.3 is 0 Å². The topological polar surface area (TPSA) is 55.6 Å². The molecular formula is C18H21N5. The van der Waals surface area contributed by atoms with Gasteiger partial charge < -0.3 is 5.32 Å². The largest absolute Gasteiger partial charge is 0.301 e. The molecule has 118 valence electrons. The summed E-state index contributed by atoms with van der Waals surface area (Å²) in [6, 6.07) is 20.9. The Hall–Kier alpha value is -2.53. The van der Waals surface area contributed by atoms with Crippen LogP contribution in [0.4, 0.5) is 0 Å². The maximum atomic E-state index is 4.20. The first-order valence-corrected chi connectivity index (χ1v) is 7.85. The summed E-state index contributed by atoms with van der Waals surface area (Å²) in [7, 11) is 0. The highest BCUT2D eigenvalue weighted by Crippen LogP contribution is 2.18. The van der Waals surface area contributed by atoms with Crippen molar-refractivity contribution in [3.8, 4) is 0 Å².